The topological polar surface area (TPSA) is 147 Å². The SMILES string of the molecule is O=C(Nc1ccc(S(=O)(=O)O)c2cccc(O)c12)c1ccc([N+](=O)[O-])cc1. The van der Waals surface area contributed by atoms with Gasteiger partial charge < -0.3 is 10.4 Å². The lowest BCUT2D eigenvalue weighted by Gasteiger charge is -2.12. The summed E-state index contributed by atoms with van der Waals surface area (Å²) in [5, 5.41) is 23.4. The van der Waals surface area contributed by atoms with Crippen molar-refractivity contribution in [1.82, 2.24) is 0 Å². The van der Waals surface area contributed by atoms with Crippen molar-refractivity contribution in [2.45, 2.75) is 4.90 Å². The van der Waals surface area contributed by atoms with Gasteiger partial charge in [-0.25, -0.2) is 0 Å². The summed E-state index contributed by atoms with van der Waals surface area (Å²) in [5.41, 5.74) is 0.0639. The first-order valence-corrected chi connectivity index (χ1v) is 8.90. The van der Waals surface area contributed by atoms with Gasteiger partial charge in [-0.1, -0.05) is 12.1 Å². The van der Waals surface area contributed by atoms with E-state index in [-0.39, 0.29) is 33.5 Å². The molecule has 0 saturated heterocycles. The van der Waals surface area contributed by atoms with E-state index in [9.17, 15) is 33.0 Å². The normalized spacial score (nSPS) is 11.3. The standard InChI is InChI=1S/C17H12N2O7S/c20-14-3-1-2-12-15(27(24,25)26)9-8-13(16(12)14)18-17(21)10-4-6-11(7-5-10)19(22)23/h1-9,20H,(H,18,21)(H,24,25,26). The number of anilines is 1. The van der Waals surface area contributed by atoms with Crippen LogP contribution < -0.4 is 5.32 Å². The number of hydrogen-bond acceptors (Lipinski definition) is 6. The second kappa shape index (κ2) is 6.67. The smallest absolute Gasteiger partial charge is 0.295 e. The third-order valence-corrected chi connectivity index (χ3v) is 4.76. The molecule has 10 heteroatoms. The van der Waals surface area contributed by atoms with Crippen molar-refractivity contribution in [3.05, 3.63) is 70.3 Å². The Balaban J connectivity index is 2.05. The van der Waals surface area contributed by atoms with Crippen molar-refractivity contribution in [2.75, 3.05) is 5.32 Å². The average molecular weight is 388 g/mol. The highest BCUT2D eigenvalue weighted by Gasteiger charge is 2.19. The Labute approximate surface area is 152 Å². The molecule has 0 spiro atoms. The maximum absolute atomic E-state index is 12.4. The van der Waals surface area contributed by atoms with E-state index in [0.717, 1.165) is 6.07 Å². The molecule has 138 valence electrons. The molecule has 0 aromatic heterocycles. The molecule has 0 bridgehead atoms. The molecule has 27 heavy (non-hydrogen) atoms. The number of nitro benzene ring substituents is 1. The van der Waals surface area contributed by atoms with E-state index < -0.39 is 25.8 Å². The number of amides is 1. The lowest BCUT2D eigenvalue weighted by atomic mass is 10.1. The summed E-state index contributed by atoms with van der Waals surface area (Å²) < 4.78 is 32.4. The van der Waals surface area contributed by atoms with Gasteiger partial charge in [0.1, 0.15) is 10.6 Å². The monoisotopic (exact) mass is 388 g/mol. The number of aromatic hydroxyl groups is 1. The van der Waals surface area contributed by atoms with Gasteiger partial charge in [0.05, 0.1) is 10.6 Å². The molecule has 0 saturated carbocycles. The summed E-state index contributed by atoms with van der Waals surface area (Å²) in [4.78, 5) is 22.1. The Morgan fingerprint density at radius 2 is 1.70 bits per heavy atom. The molecular weight excluding hydrogens is 376 g/mol. The number of nitrogens with one attached hydrogen (secondary N) is 1. The number of carbonyl (C=O) groups excluding carboxylic acids is 1. The number of carbonyl (C=O) groups is 1. The predicted molar refractivity (Wildman–Crippen MR) is 96.5 cm³/mol. The second-order valence-corrected chi connectivity index (χ2v) is 6.93. The molecule has 0 heterocycles. The number of phenols is 1. The Bertz CT molecular complexity index is 1170. The summed E-state index contributed by atoms with van der Waals surface area (Å²) in [5.74, 6) is -0.911. The molecule has 3 N–H and O–H groups in total. The second-order valence-electron chi connectivity index (χ2n) is 5.54. The zero-order chi connectivity index (χ0) is 19.8. The zero-order valence-electron chi connectivity index (χ0n) is 13.5. The van der Waals surface area contributed by atoms with Crippen LogP contribution >= 0.6 is 0 Å². The van der Waals surface area contributed by atoms with E-state index in [0.29, 0.717) is 0 Å². The molecule has 0 unspecified atom stereocenters. The van der Waals surface area contributed by atoms with E-state index >= 15 is 0 Å². The number of nitro groups is 1. The first-order valence-electron chi connectivity index (χ1n) is 7.46. The van der Waals surface area contributed by atoms with Crippen LogP contribution in [0.3, 0.4) is 0 Å². The Hall–Kier alpha value is -3.50. The van der Waals surface area contributed by atoms with Crippen LogP contribution in [0.25, 0.3) is 10.8 Å². The number of phenolic OH excluding ortho intramolecular Hbond substituents is 1. The van der Waals surface area contributed by atoms with Crippen LogP contribution in [0, 0.1) is 10.1 Å². The zero-order valence-corrected chi connectivity index (χ0v) is 14.3. The maximum atomic E-state index is 12.4. The van der Waals surface area contributed by atoms with Gasteiger partial charge >= 0.3 is 0 Å². The van der Waals surface area contributed by atoms with Crippen LogP contribution in [0.1, 0.15) is 10.4 Å². The van der Waals surface area contributed by atoms with Crippen molar-refractivity contribution in [3.8, 4) is 5.75 Å². The highest BCUT2D eigenvalue weighted by Crippen LogP contribution is 2.35. The fraction of sp³-hybridized carbons (Fsp3) is 0. The highest BCUT2D eigenvalue weighted by atomic mass is 32.2. The van der Waals surface area contributed by atoms with Crippen molar-refractivity contribution in [1.29, 1.82) is 0 Å². The third-order valence-electron chi connectivity index (χ3n) is 3.85. The van der Waals surface area contributed by atoms with Gasteiger partial charge in [0.15, 0.2) is 0 Å². The molecule has 1 amide bonds. The first kappa shape index (κ1) is 18.3. The minimum absolute atomic E-state index is 0.0269. The molecule has 0 atom stereocenters. The molecule has 9 nitrogen and oxygen atoms in total. The van der Waals surface area contributed by atoms with Crippen LogP contribution in [-0.2, 0) is 10.1 Å². The first-order chi connectivity index (χ1) is 12.7. The molecule has 3 rings (SSSR count). The molecule has 0 aliphatic carbocycles. The van der Waals surface area contributed by atoms with Gasteiger partial charge in [-0.3, -0.25) is 19.5 Å². The predicted octanol–water partition coefficient (Wildman–Crippen LogP) is 2.95. The summed E-state index contributed by atoms with van der Waals surface area (Å²) in [6.07, 6.45) is 0. The van der Waals surface area contributed by atoms with E-state index in [1.165, 1.54) is 48.5 Å². The molecule has 0 fully saturated rings. The number of nitrogens with zero attached hydrogens (tertiary/aromatic N) is 1. The molecule has 0 aliphatic rings. The molecule has 0 aliphatic heterocycles. The van der Waals surface area contributed by atoms with E-state index in [2.05, 4.69) is 5.32 Å². The van der Waals surface area contributed by atoms with Crippen LogP contribution in [-0.4, -0.2) is 28.9 Å². The Kier molecular flexibility index (Phi) is 4.52. The van der Waals surface area contributed by atoms with E-state index in [4.69, 9.17) is 0 Å². The fourth-order valence-electron chi connectivity index (χ4n) is 2.62. The summed E-state index contributed by atoms with van der Waals surface area (Å²) in [7, 11) is -4.54. The van der Waals surface area contributed by atoms with Crippen molar-refractivity contribution < 1.29 is 27.8 Å². The van der Waals surface area contributed by atoms with Crippen LogP contribution in [0.15, 0.2) is 59.5 Å². The average Bonchev–Trinajstić information content (AvgIpc) is 2.61. The Morgan fingerprint density at radius 3 is 2.30 bits per heavy atom. The van der Waals surface area contributed by atoms with E-state index in [1.54, 1.807) is 0 Å². The van der Waals surface area contributed by atoms with Gasteiger partial charge in [-0.2, -0.15) is 8.42 Å². The lowest BCUT2D eigenvalue weighted by Crippen LogP contribution is -2.12. The maximum Gasteiger partial charge on any atom is 0.295 e. The largest absolute Gasteiger partial charge is 0.507 e. The minimum Gasteiger partial charge on any atom is -0.507 e. The molecular formula is C17H12N2O7S. The van der Waals surface area contributed by atoms with Crippen LogP contribution in [0.4, 0.5) is 11.4 Å². The van der Waals surface area contributed by atoms with Gasteiger partial charge in [0, 0.05) is 28.5 Å². The lowest BCUT2D eigenvalue weighted by molar-refractivity contribution is -0.384. The van der Waals surface area contributed by atoms with Crippen LogP contribution in [0.2, 0.25) is 0 Å². The van der Waals surface area contributed by atoms with Gasteiger partial charge in [-0.15, -0.1) is 0 Å². The number of hydrogen-bond donors (Lipinski definition) is 3. The molecule has 3 aromatic rings. The van der Waals surface area contributed by atoms with Gasteiger partial charge in [0.25, 0.3) is 21.7 Å². The number of rotatable bonds is 4. The minimum atomic E-state index is -4.54. The van der Waals surface area contributed by atoms with Gasteiger partial charge in [-0.05, 0) is 30.3 Å². The molecule has 0 radical (unpaired) electrons. The quantitative estimate of drug-likeness (QED) is 0.354. The summed E-state index contributed by atoms with van der Waals surface area (Å²) in [6, 6.07) is 11.3. The van der Waals surface area contributed by atoms with Crippen molar-refractivity contribution in [3.63, 3.8) is 0 Å². The van der Waals surface area contributed by atoms with Crippen molar-refractivity contribution >= 4 is 38.2 Å². The summed E-state index contributed by atoms with van der Waals surface area (Å²) in [6.45, 7) is 0. The third kappa shape index (κ3) is 3.57. The molecule has 3 aromatic carbocycles. The summed E-state index contributed by atoms with van der Waals surface area (Å²) >= 11 is 0. The van der Waals surface area contributed by atoms with Crippen molar-refractivity contribution in [2.24, 2.45) is 0 Å². The number of non-ortho nitro benzene ring substituents is 1. The number of benzene rings is 3. The highest BCUT2D eigenvalue weighted by molar-refractivity contribution is 7.86. The van der Waals surface area contributed by atoms with E-state index in [1.807, 2.05) is 0 Å². The Morgan fingerprint density at radius 1 is 1.04 bits per heavy atom. The van der Waals surface area contributed by atoms with Gasteiger partial charge in [0.2, 0.25) is 0 Å². The number of fused-ring (bicyclic) bond motifs is 1. The van der Waals surface area contributed by atoms with Crippen LogP contribution in [0.5, 0.6) is 5.75 Å². The fourth-order valence-corrected chi connectivity index (χ4v) is 3.31.